The van der Waals surface area contributed by atoms with Crippen LogP contribution in [0.4, 0.5) is 0 Å². The summed E-state index contributed by atoms with van der Waals surface area (Å²) in [6, 6.07) is 0. The molecule has 0 aromatic rings. The van der Waals surface area contributed by atoms with Gasteiger partial charge in [0.25, 0.3) is 0 Å². The summed E-state index contributed by atoms with van der Waals surface area (Å²) in [5, 5.41) is 2.92. The molecule has 0 radical (unpaired) electrons. The lowest BCUT2D eigenvalue weighted by Gasteiger charge is -2.12. The van der Waals surface area contributed by atoms with Gasteiger partial charge in [0.05, 0.1) is 5.75 Å². The summed E-state index contributed by atoms with van der Waals surface area (Å²) in [6.07, 6.45) is 1.62. The van der Waals surface area contributed by atoms with Gasteiger partial charge in [0, 0.05) is 24.6 Å². The maximum atomic E-state index is 11.2. The molecule has 1 aliphatic carbocycles. The lowest BCUT2D eigenvalue weighted by atomic mass is 10.1. The second-order valence-electron chi connectivity index (χ2n) is 3.32. The van der Waals surface area contributed by atoms with E-state index in [1.165, 1.54) is 0 Å². The van der Waals surface area contributed by atoms with Gasteiger partial charge in [-0.2, -0.15) is 0 Å². The molecule has 1 saturated carbocycles. The van der Waals surface area contributed by atoms with E-state index in [0.29, 0.717) is 23.2 Å². The molecule has 0 aromatic carbocycles. The SMILES string of the molecule is CNC(=O)CSC1CCC(=O)C1C. The van der Waals surface area contributed by atoms with E-state index < -0.39 is 0 Å². The van der Waals surface area contributed by atoms with Gasteiger partial charge < -0.3 is 5.32 Å². The molecule has 13 heavy (non-hydrogen) atoms. The molecule has 3 nitrogen and oxygen atoms in total. The van der Waals surface area contributed by atoms with E-state index in [9.17, 15) is 9.59 Å². The first-order valence-electron chi connectivity index (χ1n) is 4.50. The molecule has 0 aliphatic heterocycles. The number of amides is 1. The van der Waals surface area contributed by atoms with Crippen molar-refractivity contribution < 1.29 is 9.59 Å². The zero-order valence-electron chi connectivity index (χ0n) is 8.00. The van der Waals surface area contributed by atoms with Gasteiger partial charge in [0.2, 0.25) is 5.91 Å². The van der Waals surface area contributed by atoms with Crippen molar-refractivity contribution in [3.8, 4) is 0 Å². The molecule has 1 aliphatic rings. The Hall–Kier alpha value is -0.510. The van der Waals surface area contributed by atoms with Gasteiger partial charge in [0.15, 0.2) is 0 Å². The van der Waals surface area contributed by atoms with Crippen LogP contribution in [0.2, 0.25) is 0 Å². The Bertz CT molecular complexity index is 218. The number of hydrogen-bond donors (Lipinski definition) is 1. The van der Waals surface area contributed by atoms with Crippen molar-refractivity contribution in [1.29, 1.82) is 0 Å². The molecule has 0 spiro atoms. The molecule has 0 saturated heterocycles. The van der Waals surface area contributed by atoms with Crippen molar-refractivity contribution in [1.82, 2.24) is 5.32 Å². The molecule has 1 N–H and O–H groups in total. The lowest BCUT2D eigenvalue weighted by molar-refractivity contribution is -0.120. The van der Waals surface area contributed by atoms with E-state index >= 15 is 0 Å². The highest BCUT2D eigenvalue weighted by Gasteiger charge is 2.31. The van der Waals surface area contributed by atoms with Crippen molar-refractivity contribution in [2.45, 2.75) is 25.0 Å². The van der Waals surface area contributed by atoms with Crippen LogP contribution in [-0.2, 0) is 9.59 Å². The van der Waals surface area contributed by atoms with E-state index in [-0.39, 0.29) is 11.8 Å². The van der Waals surface area contributed by atoms with E-state index in [4.69, 9.17) is 0 Å². The van der Waals surface area contributed by atoms with Crippen LogP contribution < -0.4 is 5.32 Å². The van der Waals surface area contributed by atoms with Gasteiger partial charge >= 0.3 is 0 Å². The van der Waals surface area contributed by atoms with Gasteiger partial charge in [-0.3, -0.25) is 9.59 Å². The highest BCUT2D eigenvalue weighted by molar-refractivity contribution is 8.00. The fourth-order valence-corrected chi connectivity index (χ4v) is 2.69. The minimum absolute atomic E-state index is 0.0385. The first-order chi connectivity index (χ1) is 6.15. The number of carbonyl (C=O) groups excluding carboxylic acids is 2. The third-order valence-corrected chi connectivity index (χ3v) is 3.95. The quantitative estimate of drug-likeness (QED) is 0.735. The molecule has 2 unspecified atom stereocenters. The van der Waals surface area contributed by atoms with E-state index in [1.54, 1.807) is 18.8 Å². The minimum Gasteiger partial charge on any atom is -0.358 e. The molecule has 0 bridgehead atoms. The second-order valence-corrected chi connectivity index (χ2v) is 4.54. The highest BCUT2D eigenvalue weighted by atomic mass is 32.2. The molecule has 1 fully saturated rings. The molecule has 74 valence electrons. The van der Waals surface area contributed by atoms with E-state index in [1.807, 2.05) is 6.92 Å². The third kappa shape index (κ3) is 2.72. The summed E-state index contributed by atoms with van der Waals surface area (Å²) in [6.45, 7) is 1.96. The molecule has 1 rings (SSSR count). The first kappa shape index (κ1) is 10.6. The highest BCUT2D eigenvalue weighted by Crippen LogP contribution is 2.31. The molecule has 2 atom stereocenters. The number of ketones is 1. The predicted octanol–water partition coefficient (Wildman–Crippen LogP) is 0.833. The Morgan fingerprint density at radius 2 is 2.38 bits per heavy atom. The van der Waals surface area contributed by atoms with Crippen molar-refractivity contribution in [3.63, 3.8) is 0 Å². The smallest absolute Gasteiger partial charge is 0.229 e. The maximum Gasteiger partial charge on any atom is 0.229 e. The fourth-order valence-electron chi connectivity index (χ4n) is 1.45. The fraction of sp³-hybridized carbons (Fsp3) is 0.778. The number of thioether (sulfide) groups is 1. The Balaban J connectivity index is 2.30. The number of hydrogen-bond acceptors (Lipinski definition) is 3. The van der Waals surface area contributed by atoms with Crippen LogP contribution in [0.25, 0.3) is 0 Å². The van der Waals surface area contributed by atoms with Gasteiger partial charge in [-0.15, -0.1) is 11.8 Å². The number of rotatable bonds is 3. The Kier molecular flexibility index (Phi) is 3.78. The maximum absolute atomic E-state index is 11.2. The second kappa shape index (κ2) is 4.65. The summed E-state index contributed by atoms with van der Waals surface area (Å²) in [4.78, 5) is 22.1. The Morgan fingerprint density at radius 1 is 1.69 bits per heavy atom. The number of carbonyl (C=O) groups is 2. The number of nitrogens with one attached hydrogen (secondary N) is 1. The van der Waals surface area contributed by atoms with Gasteiger partial charge in [0.1, 0.15) is 5.78 Å². The van der Waals surface area contributed by atoms with Crippen molar-refractivity contribution in [2.24, 2.45) is 5.92 Å². The summed E-state index contributed by atoms with van der Waals surface area (Å²) in [5.74, 6) is 0.985. The average Bonchev–Trinajstić information content (AvgIpc) is 2.44. The van der Waals surface area contributed by atoms with E-state index in [0.717, 1.165) is 6.42 Å². The summed E-state index contributed by atoms with van der Waals surface area (Å²) >= 11 is 1.60. The first-order valence-corrected chi connectivity index (χ1v) is 5.55. The summed E-state index contributed by atoms with van der Waals surface area (Å²) in [7, 11) is 1.63. The van der Waals surface area contributed by atoms with Crippen LogP contribution in [0.15, 0.2) is 0 Å². The van der Waals surface area contributed by atoms with Crippen LogP contribution >= 0.6 is 11.8 Å². The normalized spacial score (nSPS) is 27.7. The van der Waals surface area contributed by atoms with Crippen molar-refractivity contribution in [3.05, 3.63) is 0 Å². The molecule has 0 heterocycles. The summed E-state index contributed by atoms with van der Waals surface area (Å²) in [5.41, 5.74) is 0. The lowest BCUT2D eigenvalue weighted by Crippen LogP contribution is -2.22. The van der Waals surface area contributed by atoms with Crippen molar-refractivity contribution >= 4 is 23.5 Å². The predicted molar refractivity (Wildman–Crippen MR) is 53.7 cm³/mol. The van der Waals surface area contributed by atoms with Crippen molar-refractivity contribution in [2.75, 3.05) is 12.8 Å². The Morgan fingerprint density at radius 3 is 2.85 bits per heavy atom. The molecular weight excluding hydrogens is 186 g/mol. The number of Topliss-reactive ketones (excluding diaryl/α,β-unsaturated/α-hetero) is 1. The van der Waals surface area contributed by atoms with Gasteiger partial charge in [-0.1, -0.05) is 6.92 Å². The molecular formula is C9H15NO2S. The molecule has 1 amide bonds. The summed E-state index contributed by atoms with van der Waals surface area (Å²) < 4.78 is 0. The Labute approximate surface area is 82.6 Å². The third-order valence-electron chi connectivity index (χ3n) is 2.45. The van der Waals surface area contributed by atoms with Crippen LogP contribution in [0.5, 0.6) is 0 Å². The molecule has 4 heteroatoms. The van der Waals surface area contributed by atoms with Gasteiger partial charge in [-0.05, 0) is 6.42 Å². The zero-order valence-corrected chi connectivity index (χ0v) is 8.82. The van der Waals surface area contributed by atoms with Crippen LogP contribution in [0, 0.1) is 5.92 Å². The average molecular weight is 201 g/mol. The largest absolute Gasteiger partial charge is 0.358 e. The van der Waals surface area contributed by atoms with Crippen LogP contribution in [-0.4, -0.2) is 29.7 Å². The molecule has 0 aromatic heterocycles. The van der Waals surface area contributed by atoms with Gasteiger partial charge in [-0.25, -0.2) is 0 Å². The topological polar surface area (TPSA) is 46.2 Å². The minimum atomic E-state index is 0.0385. The van der Waals surface area contributed by atoms with Crippen LogP contribution in [0.1, 0.15) is 19.8 Å². The monoisotopic (exact) mass is 201 g/mol. The zero-order chi connectivity index (χ0) is 9.84. The standard InChI is InChI=1S/C9H15NO2S/c1-6-7(11)3-4-8(6)13-5-9(12)10-2/h6,8H,3-5H2,1-2H3,(H,10,12). The van der Waals surface area contributed by atoms with Crippen LogP contribution in [0.3, 0.4) is 0 Å². The van der Waals surface area contributed by atoms with E-state index in [2.05, 4.69) is 5.32 Å².